The monoisotopic (exact) mass is 317 g/mol. The van der Waals surface area contributed by atoms with Gasteiger partial charge in [0.15, 0.2) is 11.6 Å². The zero-order valence-corrected chi connectivity index (χ0v) is 13.8. The average molecular weight is 317 g/mol. The number of nitrogens with zero attached hydrogens (tertiary/aromatic N) is 1. The highest BCUT2D eigenvalue weighted by molar-refractivity contribution is 6.05. The van der Waals surface area contributed by atoms with Gasteiger partial charge in [-0.3, -0.25) is 9.59 Å². The first kappa shape index (κ1) is 16.0. The SMILES string of the molecule is CCOC(=O)C1(C(C)C)CC2COC(c3ccccc3)N2C1=O. The zero-order valence-electron chi connectivity index (χ0n) is 13.8. The van der Waals surface area contributed by atoms with Crippen molar-refractivity contribution < 1.29 is 19.1 Å². The second-order valence-corrected chi connectivity index (χ2v) is 6.51. The van der Waals surface area contributed by atoms with Crippen molar-refractivity contribution in [3.05, 3.63) is 35.9 Å². The van der Waals surface area contributed by atoms with Crippen LogP contribution in [0, 0.1) is 11.3 Å². The number of esters is 1. The third-order valence-corrected chi connectivity index (χ3v) is 4.98. The summed E-state index contributed by atoms with van der Waals surface area (Å²) in [5.41, 5.74) is -0.149. The molecular formula is C18H23NO4. The number of carbonyl (C=O) groups is 2. The van der Waals surface area contributed by atoms with E-state index in [1.165, 1.54) is 0 Å². The van der Waals surface area contributed by atoms with Crippen LogP contribution in [0.25, 0.3) is 0 Å². The Morgan fingerprint density at radius 2 is 2.09 bits per heavy atom. The van der Waals surface area contributed by atoms with E-state index in [0.717, 1.165) is 5.56 Å². The molecule has 0 bridgehead atoms. The first-order chi connectivity index (χ1) is 11.0. The summed E-state index contributed by atoms with van der Waals surface area (Å²) in [6, 6.07) is 9.60. The second kappa shape index (κ2) is 5.96. The minimum atomic E-state index is -1.09. The van der Waals surface area contributed by atoms with E-state index in [9.17, 15) is 9.59 Å². The Morgan fingerprint density at radius 3 is 2.70 bits per heavy atom. The van der Waals surface area contributed by atoms with Crippen LogP contribution >= 0.6 is 0 Å². The van der Waals surface area contributed by atoms with Crippen molar-refractivity contribution in [3.8, 4) is 0 Å². The zero-order chi connectivity index (χ0) is 16.6. The number of rotatable bonds is 4. The Hall–Kier alpha value is -1.88. The summed E-state index contributed by atoms with van der Waals surface area (Å²) in [6.45, 7) is 6.33. The second-order valence-electron chi connectivity index (χ2n) is 6.51. The molecule has 5 nitrogen and oxygen atoms in total. The Morgan fingerprint density at radius 1 is 1.39 bits per heavy atom. The maximum absolute atomic E-state index is 13.2. The smallest absolute Gasteiger partial charge is 0.321 e. The molecule has 23 heavy (non-hydrogen) atoms. The van der Waals surface area contributed by atoms with Crippen molar-refractivity contribution in [2.75, 3.05) is 13.2 Å². The molecule has 0 aliphatic carbocycles. The van der Waals surface area contributed by atoms with Crippen LogP contribution in [0.4, 0.5) is 0 Å². The quantitative estimate of drug-likeness (QED) is 0.632. The topological polar surface area (TPSA) is 55.8 Å². The van der Waals surface area contributed by atoms with Crippen LogP contribution in [0.2, 0.25) is 0 Å². The molecule has 124 valence electrons. The van der Waals surface area contributed by atoms with E-state index >= 15 is 0 Å². The van der Waals surface area contributed by atoms with E-state index in [1.807, 2.05) is 44.2 Å². The molecule has 0 spiro atoms. The van der Waals surface area contributed by atoms with E-state index in [-0.39, 0.29) is 24.5 Å². The molecule has 0 aromatic heterocycles. The molecule has 2 saturated heterocycles. The van der Waals surface area contributed by atoms with Crippen LogP contribution in [-0.4, -0.2) is 36.0 Å². The highest BCUT2D eigenvalue weighted by Crippen LogP contribution is 2.49. The predicted molar refractivity (Wildman–Crippen MR) is 84.3 cm³/mol. The molecule has 2 fully saturated rings. The standard InChI is InChI=1S/C18H23NO4/c1-4-22-17(21)18(12(2)3)10-14-11-23-15(19(14)16(18)20)13-8-6-5-7-9-13/h5-9,12,14-15H,4,10-11H2,1-3H3. The Bertz CT molecular complexity index is 600. The van der Waals surface area contributed by atoms with Gasteiger partial charge in [0.1, 0.15) is 0 Å². The van der Waals surface area contributed by atoms with Crippen LogP contribution in [0.15, 0.2) is 30.3 Å². The number of hydrogen-bond donors (Lipinski definition) is 0. The Kier molecular flexibility index (Phi) is 4.15. The van der Waals surface area contributed by atoms with Gasteiger partial charge in [-0.15, -0.1) is 0 Å². The lowest BCUT2D eigenvalue weighted by molar-refractivity contribution is -0.166. The average Bonchev–Trinajstić information content (AvgIpc) is 3.07. The molecule has 0 N–H and O–H groups in total. The molecule has 1 amide bonds. The van der Waals surface area contributed by atoms with Crippen LogP contribution in [0.5, 0.6) is 0 Å². The van der Waals surface area contributed by atoms with Gasteiger partial charge in [0.05, 0.1) is 19.3 Å². The molecule has 0 radical (unpaired) electrons. The molecule has 3 unspecified atom stereocenters. The fourth-order valence-electron chi connectivity index (χ4n) is 3.70. The summed E-state index contributed by atoms with van der Waals surface area (Å²) in [4.78, 5) is 27.5. The largest absolute Gasteiger partial charge is 0.465 e. The fraction of sp³-hybridized carbons (Fsp3) is 0.556. The van der Waals surface area contributed by atoms with Gasteiger partial charge in [0.25, 0.3) is 0 Å². The van der Waals surface area contributed by atoms with E-state index in [4.69, 9.17) is 9.47 Å². The van der Waals surface area contributed by atoms with Crippen LogP contribution in [0.3, 0.4) is 0 Å². The first-order valence-corrected chi connectivity index (χ1v) is 8.19. The highest BCUT2D eigenvalue weighted by atomic mass is 16.5. The van der Waals surface area contributed by atoms with Crippen molar-refractivity contribution in [2.45, 2.75) is 39.5 Å². The molecule has 3 atom stereocenters. The Labute approximate surface area is 136 Å². The lowest BCUT2D eigenvalue weighted by Crippen LogP contribution is -2.46. The van der Waals surface area contributed by atoms with E-state index in [0.29, 0.717) is 13.0 Å². The molecule has 5 heteroatoms. The van der Waals surface area contributed by atoms with E-state index in [1.54, 1.807) is 11.8 Å². The minimum Gasteiger partial charge on any atom is -0.465 e. The van der Waals surface area contributed by atoms with Crippen molar-refractivity contribution in [1.82, 2.24) is 4.90 Å². The van der Waals surface area contributed by atoms with Crippen LogP contribution < -0.4 is 0 Å². The van der Waals surface area contributed by atoms with Gasteiger partial charge < -0.3 is 14.4 Å². The van der Waals surface area contributed by atoms with E-state index in [2.05, 4.69) is 0 Å². The third kappa shape index (κ3) is 2.34. The van der Waals surface area contributed by atoms with E-state index < -0.39 is 17.6 Å². The summed E-state index contributed by atoms with van der Waals surface area (Å²) in [7, 11) is 0. The van der Waals surface area contributed by atoms with Gasteiger partial charge in [-0.2, -0.15) is 0 Å². The van der Waals surface area contributed by atoms with Gasteiger partial charge in [-0.05, 0) is 19.3 Å². The van der Waals surface area contributed by atoms with Gasteiger partial charge >= 0.3 is 5.97 Å². The third-order valence-electron chi connectivity index (χ3n) is 4.98. The van der Waals surface area contributed by atoms with Crippen molar-refractivity contribution in [2.24, 2.45) is 11.3 Å². The number of benzene rings is 1. The van der Waals surface area contributed by atoms with Gasteiger partial charge in [0.2, 0.25) is 5.91 Å². The number of carbonyl (C=O) groups excluding carboxylic acids is 2. The molecule has 1 aromatic carbocycles. The molecule has 3 rings (SSSR count). The molecule has 2 aliphatic heterocycles. The summed E-state index contributed by atoms with van der Waals surface area (Å²) in [6.07, 6.45) is 0.0508. The summed E-state index contributed by atoms with van der Waals surface area (Å²) in [5.74, 6) is -0.681. The maximum atomic E-state index is 13.2. The molecule has 2 heterocycles. The summed E-state index contributed by atoms with van der Waals surface area (Å²) >= 11 is 0. The number of amides is 1. The number of ether oxygens (including phenoxy) is 2. The lowest BCUT2D eigenvalue weighted by Gasteiger charge is -2.31. The predicted octanol–water partition coefficient (Wildman–Crippen LogP) is 2.52. The van der Waals surface area contributed by atoms with Gasteiger partial charge in [-0.25, -0.2) is 0 Å². The minimum absolute atomic E-state index is 0.0699. The summed E-state index contributed by atoms with van der Waals surface area (Å²) < 4.78 is 11.1. The normalized spacial score (nSPS) is 29.9. The lowest BCUT2D eigenvalue weighted by atomic mass is 9.74. The van der Waals surface area contributed by atoms with Crippen molar-refractivity contribution >= 4 is 11.9 Å². The number of hydrogen-bond acceptors (Lipinski definition) is 4. The van der Waals surface area contributed by atoms with Crippen molar-refractivity contribution in [3.63, 3.8) is 0 Å². The highest BCUT2D eigenvalue weighted by Gasteiger charge is 2.62. The molecule has 1 aromatic rings. The first-order valence-electron chi connectivity index (χ1n) is 8.19. The number of fused-ring (bicyclic) bond motifs is 1. The molecule has 2 aliphatic rings. The van der Waals surface area contributed by atoms with Gasteiger partial charge in [0, 0.05) is 5.56 Å². The van der Waals surface area contributed by atoms with Crippen LogP contribution in [0.1, 0.15) is 39.0 Å². The maximum Gasteiger partial charge on any atom is 0.321 e. The van der Waals surface area contributed by atoms with Gasteiger partial charge in [-0.1, -0.05) is 44.2 Å². The fourth-order valence-corrected chi connectivity index (χ4v) is 3.70. The summed E-state index contributed by atoms with van der Waals surface area (Å²) in [5, 5.41) is 0. The molecular weight excluding hydrogens is 294 g/mol. The van der Waals surface area contributed by atoms with Crippen LogP contribution in [-0.2, 0) is 19.1 Å². The van der Waals surface area contributed by atoms with Crippen molar-refractivity contribution in [1.29, 1.82) is 0 Å². The molecule has 0 saturated carbocycles. The Balaban J connectivity index is 1.95.